The van der Waals surface area contributed by atoms with Crippen LogP contribution in [0.4, 0.5) is 0 Å². The molecule has 0 saturated heterocycles. The fourth-order valence-electron chi connectivity index (χ4n) is 3.02. The molecule has 1 aromatic heterocycles. The molecule has 1 atom stereocenters. The summed E-state index contributed by atoms with van der Waals surface area (Å²) in [6, 6.07) is 5.98. The van der Waals surface area contributed by atoms with E-state index in [1.807, 2.05) is 25.3 Å². The van der Waals surface area contributed by atoms with E-state index in [0.29, 0.717) is 18.1 Å². The highest BCUT2D eigenvalue weighted by molar-refractivity contribution is 6.15. The molecule has 22 heavy (non-hydrogen) atoms. The quantitative estimate of drug-likeness (QED) is 0.621. The van der Waals surface area contributed by atoms with Crippen LogP contribution in [0.5, 0.6) is 5.75 Å². The molecule has 0 spiro atoms. The molecule has 0 amide bonds. The molecule has 0 fully saturated rings. The number of carbonyl (C=O) groups excluding carboxylic acids is 1. The molecule has 2 aromatic rings. The average molecular weight is 319 g/mol. The smallest absolute Gasteiger partial charge is 0.311 e. The number of esters is 1. The van der Waals surface area contributed by atoms with Gasteiger partial charge in [0.05, 0.1) is 5.69 Å². The molecule has 0 radical (unpaired) electrons. The van der Waals surface area contributed by atoms with Gasteiger partial charge < -0.3 is 4.74 Å². The van der Waals surface area contributed by atoms with Gasteiger partial charge in [-0.25, -0.2) is 9.07 Å². The molecule has 3 rings (SSSR count). The van der Waals surface area contributed by atoms with E-state index < -0.39 is 0 Å². The second-order valence-corrected chi connectivity index (χ2v) is 6.12. The monoisotopic (exact) mass is 318 g/mol. The predicted molar refractivity (Wildman–Crippen MR) is 85.2 cm³/mol. The number of imidazole rings is 1. The molecule has 1 aliphatic carbocycles. The maximum atomic E-state index is 11.6. The maximum Gasteiger partial charge on any atom is 0.311 e. The van der Waals surface area contributed by atoms with Gasteiger partial charge in [0.1, 0.15) is 12.1 Å². The number of aromatic nitrogens is 2. The molecule has 1 unspecified atom stereocenters. The molecule has 5 heteroatoms. The first-order valence-electron chi connectivity index (χ1n) is 7.68. The number of hydrogen-bond acceptors (Lipinski definition) is 3. The standard InChI is InChI=1S/C17H19ClN2O2/c1-2-3-17(21)22-15-7-6-12-4-5-13(16(12)9-15)8-14-10-20(18)11-19-14/h6-7,9-11,13H,2-5,8H2,1H3. The SMILES string of the molecule is CCCC(=O)Oc1ccc2c(c1)C(Cc1cn(Cl)cn1)CC2. The lowest BCUT2D eigenvalue weighted by Crippen LogP contribution is -2.07. The van der Waals surface area contributed by atoms with Crippen molar-refractivity contribution in [1.29, 1.82) is 0 Å². The van der Waals surface area contributed by atoms with Crippen LogP contribution in [0.25, 0.3) is 0 Å². The predicted octanol–water partition coefficient (Wildman–Crippen LogP) is 3.86. The fourth-order valence-corrected chi connectivity index (χ4v) is 3.18. The lowest BCUT2D eigenvalue weighted by Gasteiger charge is -2.11. The van der Waals surface area contributed by atoms with E-state index in [1.165, 1.54) is 15.2 Å². The third-order valence-electron chi connectivity index (χ3n) is 4.07. The van der Waals surface area contributed by atoms with Crippen LogP contribution in [-0.4, -0.2) is 15.0 Å². The van der Waals surface area contributed by atoms with E-state index in [-0.39, 0.29) is 5.97 Å². The van der Waals surface area contributed by atoms with Crippen LogP contribution in [-0.2, 0) is 17.6 Å². The maximum absolute atomic E-state index is 11.6. The molecule has 0 saturated carbocycles. The largest absolute Gasteiger partial charge is 0.427 e. The lowest BCUT2D eigenvalue weighted by atomic mass is 9.96. The van der Waals surface area contributed by atoms with Gasteiger partial charge in [-0.05, 0) is 54.9 Å². The third-order valence-corrected chi connectivity index (χ3v) is 4.25. The minimum atomic E-state index is -0.169. The number of aryl methyl sites for hydroxylation is 1. The molecule has 1 heterocycles. The van der Waals surface area contributed by atoms with E-state index in [2.05, 4.69) is 11.1 Å². The number of ether oxygens (including phenoxy) is 1. The number of benzene rings is 1. The normalized spacial score (nSPS) is 16.5. The number of halogens is 1. The van der Waals surface area contributed by atoms with Crippen LogP contribution < -0.4 is 4.74 Å². The summed E-state index contributed by atoms with van der Waals surface area (Å²) in [6.07, 6.45) is 7.71. The molecular weight excluding hydrogens is 300 g/mol. The second-order valence-electron chi connectivity index (χ2n) is 5.73. The molecule has 0 aliphatic heterocycles. The Balaban J connectivity index is 1.75. The van der Waals surface area contributed by atoms with Crippen LogP contribution in [0.1, 0.15) is 48.9 Å². The number of rotatable bonds is 5. The Morgan fingerprint density at radius 1 is 1.50 bits per heavy atom. The number of fused-ring (bicyclic) bond motifs is 1. The first-order chi connectivity index (χ1) is 10.7. The molecule has 0 bridgehead atoms. The van der Waals surface area contributed by atoms with Crippen LogP contribution in [0.15, 0.2) is 30.7 Å². The van der Waals surface area contributed by atoms with Crippen molar-refractivity contribution in [3.8, 4) is 5.75 Å². The number of hydrogen-bond donors (Lipinski definition) is 0. The second kappa shape index (κ2) is 6.53. The van der Waals surface area contributed by atoms with Gasteiger partial charge in [-0.3, -0.25) is 4.79 Å². The van der Waals surface area contributed by atoms with E-state index in [9.17, 15) is 4.79 Å². The van der Waals surface area contributed by atoms with Crippen molar-refractivity contribution in [2.75, 3.05) is 0 Å². The van der Waals surface area contributed by atoms with Gasteiger partial charge in [-0.1, -0.05) is 13.0 Å². The van der Waals surface area contributed by atoms with Crippen molar-refractivity contribution in [2.45, 2.75) is 44.9 Å². The van der Waals surface area contributed by atoms with Gasteiger partial charge in [0.2, 0.25) is 0 Å². The summed E-state index contributed by atoms with van der Waals surface area (Å²) in [6.45, 7) is 1.97. The summed E-state index contributed by atoms with van der Waals surface area (Å²) < 4.78 is 6.86. The lowest BCUT2D eigenvalue weighted by molar-refractivity contribution is -0.134. The molecular formula is C17H19ClN2O2. The zero-order valence-corrected chi connectivity index (χ0v) is 13.3. The first kappa shape index (κ1) is 15.1. The summed E-state index contributed by atoms with van der Waals surface area (Å²) in [5, 5.41) is 0. The first-order valence-corrected chi connectivity index (χ1v) is 8.02. The summed E-state index contributed by atoms with van der Waals surface area (Å²) in [5.41, 5.74) is 3.60. The zero-order valence-electron chi connectivity index (χ0n) is 12.6. The summed E-state index contributed by atoms with van der Waals surface area (Å²) in [7, 11) is 0. The van der Waals surface area contributed by atoms with Gasteiger partial charge in [-0.15, -0.1) is 0 Å². The fraction of sp³-hybridized carbons (Fsp3) is 0.412. The number of nitrogens with zero attached hydrogens (tertiary/aromatic N) is 2. The Labute approximate surface area is 135 Å². The highest BCUT2D eigenvalue weighted by atomic mass is 35.5. The molecule has 1 aromatic carbocycles. The Bertz CT molecular complexity index is 681. The van der Waals surface area contributed by atoms with E-state index in [1.54, 1.807) is 6.33 Å². The molecule has 0 N–H and O–H groups in total. The van der Waals surface area contributed by atoms with E-state index in [4.69, 9.17) is 16.5 Å². The summed E-state index contributed by atoms with van der Waals surface area (Å²) >= 11 is 5.85. The van der Waals surface area contributed by atoms with E-state index >= 15 is 0 Å². The van der Waals surface area contributed by atoms with Crippen LogP contribution in [0, 0.1) is 0 Å². The Morgan fingerprint density at radius 3 is 3.09 bits per heavy atom. The Hall–Kier alpha value is -1.81. The average Bonchev–Trinajstić information content (AvgIpc) is 3.06. The van der Waals surface area contributed by atoms with Gasteiger partial charge in [0, 0.05) is 24.4 Å². The number of carbonyl (C=O) groups is 1. The van der Waals surface area contributed by atoms with Crippen LogP contribution >= 0.6 is 11.8 Å². The highest BCUT2D eigenvalue weighted by Gasteiger charge is 2.24. The minimum absolute atomic E-state index is 0.169. The van der Waals surface area contributed by atoms with Crippen molar-refractivity contribution in [3.05, 3.63) is 47.5 Å². The molecule has 1 aliphatic rings. The Morgan fingerprint density at radius 2 is 2.36 bits per heavy atom. The van der Waals surface area contributed by atoms with Crippen molar-refractivity contribution in [1.82, 2.24) is 9.07 Å². The van der Waals surface area contributed by atoms with Crippen molar-refractivity contribution in [3.63, 3.8) is 0 Å². The topological polar surface area (TPSA) is 44.1 Å². The summed E-state index contributed by atoms with van der Waals surface area (Å²) in [5.74, 6) is 0.885. The van der Waals surface area contributed by atoms with Crippen molar-refractivity contribution in [2.24, 2.45) is 0 Å². The Kier molecular flexibility index (Phi) is 4.48. The summed E-state index contributed by atoms with van der Waals surface area (Å²) in [4.78, 5) is 15.9. The van der Waals surface area contributed by atoms with Gasteiger partial charge in [0.25, 0.3) is 0 Å². The third kappa shape index (κ3) is 3.33. The van der Waals surface area contributed by atoms with E-state index in [0.717, 1.165) is 31.4 Å². The molecule has 116 valence electrons. The van der Waals surface area contributed by atoms with Crippen molar-refractivity contribution < 1.29 is 9.53 Å². The van der Waals surface area contributed by atoms with Crippen molar-refractivity contribution >= 4 is 17.7 Å². The zero-order chi connectivity index (χ0) is 15.5. The van der Waals surface area contributed by atoms with Crippen LogP contribution in [0.3, 0.4) is 0 Å². The molecule has 4 nitrogen and oxygen atoms in total. The van der Waals surface area contributed by atoms with Gasteiger partial charge in [-0.2, -0.15) is 0 Å². The van der Waals surface area contributed by atoms with Crippen LogP contribution in [0.2, 0.25) is 0 Å². The van der Waals surface area contributed by atoms with Gasteiger partial charge in [0.15, 0.2) is 0 Å². The minimum Gasteiger partial charge on any atom is -0.427 e. The van der Waals surface area contributed by atoms with Gasteiger partial charge >= 0.3 is 5.97 Å². The highest BCUT2D eigenvalue weighted by Crippen LogP contribution is 2.37.